The van der Waals surface area contributed by atoms with E-state index in [1.54, 1.807) is 0 Å². The number of nitrogen functional groups attached to an aromatic ring is 1. The molecule has 1 aliphatic rings. The summed E-state index contributed by atoms with van der Waals surface area (Å²) in [6.45, 7) is 2.15. The first kappa shape index (κ1) is 15.0. The van der Waals surface area contributed by atoms with Gasteiger partial charge in [-0.05, 0) is 43.4 Å². The molecule has 1 saturated carbocycles. The summed E-state index contributed by atoms with van der Waals surface area (Å²) in [7, 11) is 0. The Morgan fingerprint density at radius 3 is 2.65 bits per heavy atom. The number of halogens is 3. The van der Waals surface area contributed by atoms with Crippen LogP contribution in [0.3, 0.4) is 0 Å². The molecule has 2 nitrogen and oxygen atoms in total. The molecule has 0 spiro atoms. The fraction of sp³-hybridized carbons (Fsp3) is 0.600. The molecule has 0 amide bonds. The van der Waals surface area contributed by atoms with Gasteiger partial charge in [-0.1, -0.05) is 19.8 Å². The van der Waals surface area contributed by atoms with Crippen LogP contribution in [0.15, 0.2) is 18.2 Å². The fourth-order valence-electron chi connectivity index (χ4n) is 2.73. The summed E-state index contributed by atoms with van der Waals surface area (Å²) in [6.07, 6.45) is 1.01. The first-order valence-electron chi connectivity index (χ1n) is 7.03. The highest BCUT2D eigenvalue weighted by Crippen LogP contribution is 2.36. The van der Waals surface area contributed by atoms with Crippen molar-refractivity contribution in [2.45, 2.75) is 51.3 Å². The lowest BCUT2D eigenvalue weighted by molar-refractivity contribution is -0.137. The maximum Gasteiger partial charge on any atom is 0.416 e. The van der Waals surface area contributed by atoms with Crippen molar-refractivity contribution in [3.05, 3.63) is 23.8 Å². The Balaban J connectivity index is 2.06. The third-order valence-electron chi connectivity index (χ3n) is 3.94. The predicted molar refractivity (Wildman–Crippen MR) is 72.5 cm³/mol. The maximum absolute atomic E-state index is 12.6. The highest BCUT2D eigenvalue weighted by Gasteiger charge is 2.31. The van der Waals surface area contributed by atoms with Crippen molar-refractivity contribution >= 4 is 5.69 Å². The minimum Gasteiger partial charge on any atom is -0.488 e. The lowest BCUT2D eigenvalue weighted by atomic mass is 9.85. The fourth-order valence-corrected chi connectivity index (χ4v) is 2.73. The summed E-state index contributed by atoms with van der Waals surface area (Å²) >= 11 is 0. The van der Waals surface area contributed by atoms with Crippen LogP contribution in [0, 0.1) is 5.92 Å². The average molecular weight is 287 g/mol. The van der Waals surface area contributed by atoms with Crippen LogP contribution in [0.25, 0.3) is 0 Å². The van der Waals surface area contributed by atoms with Crippen LogP contribution < -0.4 is 10.5 Å². The number of hydrogen-bond acceptors (Lipinski definition) is 2. The maximum atomic E-state index is 12.6. The molecular weight excluding hydrogens is 267 g/mol. The lowest BCUT2D eigenvalue weighted by Gasteiger charge is -2.29. The highest BCUT2D eigenvalue weighted by atomic mass is 19.4. The van der Waals surface area contributed by atoms with Crippen molar-refractivity contribution in [1.29, 1.82) is 0 Å². The predicted octanol–water partition coefficient (Wildman–Crippen LogP) is 4.64. The molecule has 0 heterocycles. The standard InChI is InChI=1S/C15H20F3NO/c1-2-10-4-3-5-12(8-10)20-14-7-6-11(9-13(14)19)15(16,17)18/h6-7,9-10,12H,2-5,8,19H2,1H3. The lowest BCUT2D eigenvalue weighted by Crippen LogP contribution is -2.25. The van der Waals surface area contributed by atoms with Gasteiger partial charge in [-0.15, -0.1) is 0 Å². The van der Waals surface area contributed by atoms with Gasteiger partial charge >= 0.3 is 6.18 Å². The number of hydrogen-bond donors (Lipinski definition) is 1. The molecule has 1 fully saturated rings. The number of ether oxygens (including phenoxy) is 1. The van der Waals surface area contributed by atoms with Crippen LogP contribution in [0.5, 0.6) is 5.75 Å². The smallest absolute Gasteiger partial charge is 0.416 e. The van der Waals surface area contributed by atoms with E-state index in [2.05, 4.69) is 6.92 Å². The summed E-state index contributed by atoms with van der Waals surface area (Å²) in [4.78, 5) is 0. The molecular formula is C15H20F3NO. The molecule has 0 bridgehead atoms. The van der Waals surface area contributed by atoms with Gasteiger partial charge in [-0.25, -0.2) is 0 Å². The normalized spacial score (nSPS) is 23.6. The topological polar surface area (TPSA) is 35.2 Å². The van der Waals surface area contributed by atoms with E-state index < -0.39 is 11.7 Å². The third-order valence-corrected chi connectivity index (χ3v) is 3.94. The molecule has 1 aromatic carbocycles. The Morgan fingerprint density at radius 1 is 1.30 bits per heavy atom. The molecule has 2 rings (SSSR count). The van der Waals surface area contributed by atoms with E-state index in [4.69, 9.17) is 10.5 Å². The number of benzene rings is 1. The molecule has 0 radical (unpaired) electrons. The largest absolute Gasteiger partial charge is 0.488 e. The van der Waals surface area contributed by atoms with E-state index in [1.165, 1.54) is 12.5 Å². The van der Waals surface area contributed by atoms with E-state index in [0.717, 1.165) is 37.8 Å². The van der Waals surface area contributed by atoms with Gasteiger partial charge in [0.1, 0.15) is 5.75 Å². The highest BCUT2D eigenvalue weighted by molar-refractivity contribution is 5.54. The molecule has 20 heavy (non-hydrogen) atoms. The van der Waals surface area contributed by atoms with Crippen LogP contribution in [-0.2, 0) is 6.18 Å². The van der Waals surface area contributed by atoms with E-state index in [9.17, 15) is 13.2 Å². The van der Waals surface area contributed by atoms with Crippen LogP contribution in [-0.4, -0.2) is 6.10 Å². The second-order valence-corrected chi connectivity index (χ2v) is 5.43. The van der Waals surface area contributed by atoms with Crippen LogP contribution in [0.4, 0.5) is 18.9 Å². The molecule has 1 aromatic rings. The Hall–Kier alpha value is -1.39. The summed E-state index contributed by atoms with van der Waals surface area (Å²) < 4.78 is 43.5. The van der Waals surface area contributed by atoms with E-state index in [-0.39, 0.29) is 11.8 Å². The Labute approximate surface area is 117 Å². The minimum absolute atomic E-state index is 0.0541. The quantitative estimate of drug-likeness (QED) is 0.822. The molecule has 2 N–H and O–H groups in total. The van der Waals surface area contributed by atoms with Gasteiger partial charge in [-0.2, -0.15) is 13.2 Å². The second kappa shape index (κ2) is 5.94. The first-order chi connectivity index (χ1) is 9.40. The first-order valence-corrected chi connectivity index (χ1v) is 7.03. The number of alkyl halides is 3. The monoisotopic (exact) mass is 287 g/mol. The zero-order chi connectivity index (χ0) is 14.8. The van der Waals surface area contributed by atoms with Crippen molar-refractivity contribution in [1.82, 2.24) is 0 Å². The van der Waals surface area contributed by atoms with E-state index in [1.807, 2.05) is 0 Å². The molecule has 1 aliphatic carbocycles. The number of anilines is 1. The molecule has 112 valence electrons. The Kier molecular flexibility index (Phi) is 4.45. The van der Waals surface area contributed by atoms with Gasteiger partial charge in [0.15, 0.2) is 0 Å². The van der Waals surface area contributed by atoms with Gasteiger partial charge in [0.05, 0.1) is 17.4 Å². The Bertz CT molecular complexity index is 459. The second-order valence-electron chi connectivity index (χ2n) is 5.43. The van der Waals surface area contributed by atoms with Crippen LogP contribution in [0.1, 0.15) is 44.6 Å². The van der Waals surface area contributed by atoms with Crippen molar-refractivity contribution in [2.75, 3.05) is 5.73 Å². The van der Waals surface area contributed by atoms with Gasteiger partial charge in [0.25, 0.3) is 0 Å². The molecule has 2 unspecified atom stereocenters. The molecule has 0 aromatic heterocycles. The number of nitrogens with two attached hydrogens (primary N) is 1. The SMILES string of the molecule is CCC1CCCC(Oc2ccc(C(F)(F)F)cc2N)C1. The number of rotatable bonds is 3. The minimum atomic E-state index is -4.37. The van der Waals surface area contributed by atoms with Crippen molar-refractivity contribution in [3.8, 4) is 5.75 Å². The Morgan fingerprint density at radius 2 is 2.05 bits per heavy atom. The van der Waals surface area contributed by atoms with Crippen LogP contribution >= 0.6 is 0 Å². The molecule has 2 atom stereocenters. The van der Waals surface area contributed by atoms with Crippen molar-refractivity contribution in [2.24, 2.45) is 5.92 Å². The van der Waals surface area contributed by atoms with Gasteiger partial charge < -0.3 is 10.5 Å². The van der Waals surface area contributed by atoms with Crippen molar-refractivity contribution < 1.29 is 17.9 Å². The molecule has 0 saturated heterocycles. The average Bonchev–Trinajstić information content (AvgIpc) is 2.40. The summed E-state index contributed by atoms with van der Waals surface area (Å²) in [5.74, 6) is 1.00. The van der Waals surface area contributed by atoms with E-state index in [0.29, 0.717) is 11.7 Å². The van der Waals surface area contributed by atoms with Gasteiger partial charge in [-0.3, -0.25) is 0 Å². The van der Waals surface area contributed by atoms with Crippen LogP contribution in [0.2, 0.25) is 0 Å². The summed E-state index contributed by atoms with van der Waals surface area (Å²) in [5.41, 5.74) is 4.99. The third kappa shape index (κ3) is 3.58. The zero-order valence-corrected chi connectivity index (χ0v) is 11.5. The van der Waals surface area contributed by atoms with Gasteiger partial charge in [0, 0.05) is 0 Å². The zero-order valence-electron chi connectivity index (χ0n) is 11.5. The molecule has 5 heteroatoms. The summed E-state index contributed by atoms with van der Waals surface area (Å²) in [5, 5.41) is 0. The van der Waals surface area contributed by atoms with Crippen molar-refractivity contribution in [3.63, 3.8) is 0 Å². The van der Waals surface area contributed by atoms with E-state index >= 15 is 0 Å². The summed E-state index contributed by atoms with van der Waals surface area (Å²) in [6, 6.07) is 3.29. The molecule has 0 aliphatic heterocycles. The van der Waals surface area contributed by atoms with Gasteiger partial charge in [0.2, 0.25) is 0 Å².